The molecule has 0 saturated carbocycles. The van der Waals surface area contributed by atoms with Crippen molar-refractivity contribution in [2.75, 3.05) is 14.2 Å². The predicted octanol–water partition coefficient (Wildman–Crippen LogP) is 1.31. The minimum atomic E-state index is -0.406. The molecule has 1 aliphatic heterocycles. The van der Waals surface area contributed by atoms with Gasteiger partial charge in [-0.3, -0.25) is 14.4 Å². The third kappa shape index (κ3) is 1.89. The molecule has 0 bridgehead atoms. The van der Waals surface area contributed by atoms with Crippen molar-refractivity contribution in [3.8, 4) is 0 Å². The summed E-state index contributed by atoms with van der Waals surface area (Å²) in [5, 5.41) is 1.21. The summed E-state index contributed by atoms with van der Waals surface area (Å²) in [7, 11) is 2.73. The van der Waals surface area contributed by atoms with Gasteiger partial charge in [-0.25, -0.2) is 5.06 Å². The van der Waals surface area contributed by atoms with Crippen molar-refractivity contribution < 1.29 is 19.2 Å². The van der Waals surface area contributed by atoms with E-state index < -0.39 is 6.04 Å². The zero-order valence-corrected chi connectivity index (χ0v) is 9.67. The number of methoxy groups -OCH3 is 1. The van der Waals surface area contributed by atoms with Crippen LogP contribution in [-0.4, -0.2) is 31.2 Å². The molecular weight excluding hydrogens is 222 g/mol. The Morgan fingerprint density at radius 2 is 2.06 bits per heavy atom. The summed E-state index contributed by atoms with van der Waals surface area (Å²) in [6.45, 7) is 0. The van der Waals surface area contributed by atoms with Gasteiger partial charge in [-0.1, -0.05) is 18.2 Å². The Labute approximate surface area is 98.9 Å². The molecule has 0 saturated heterocycles. The first-order chi connectivity index (χ1) is 8.19. The lowest BCUT2D eigenvalue weighted by Gasteiger charge is -2.21. The molecule has 1 aliphatic rings. The number of ether oxygens (including phenoxy) is 1. The van der Waals surface area contributed by atoms with Gasteiger partial charge in [0.05, 0.1) is 26.7 Å². The first kappa shape index (κ1) is 11.6. The fraction of sp³-hybridized carbons (Fsp3) is 0.333. The zero-order valence-electron chi connectivity index (χ0n) is 9.67. The molecule has 1 atom stereocenters. The summed E-state index contributed by atoms with van der Waals surface area (Å²) >= 11 is 0. The highest BCUT2D eigenvalue weighted by atomic mass is 16.7. The summed E-state index contributed by atoms with van der Waals surface area (Å²) in [5.74, 6) is -0.599. The molecule has 0 radical (unpaired) electrons. The molecule has 0 aliphatic carbocycles. The van der Waals surface area contributed by atoms with E-state index in [-0.39, 0.29) is 18.3 Å². The van der Waals surface area contributed by atoms with Gasteiger partial charge in [-0.2, -0.15) is 0 Å². The number of hydrogen-bond acceptors (Lipinski definition) is 4. The van der Waals surface area contributed by atoms with E-state index in [2.05, 4.69) is 4.74 Å². The minimum absolute atomic E-state index is 0.0904. The van der Waals surface area contributed by atoms with Crippen molar-refractivity contribution in [3.63, 3.8) is 0 Å². The maximum absolute atomic E-state index is 12.0. The Balaban J connectivity index is 2.36. The van der Waals surface area contributed by atoms with E-state index in [0.717, 1.165) is 5.56 Å². The first-order valence-electron chi connectivity index (χ1n) is 5.22. The Hall–Kier alpha value is -1.88. The molecule has 5 nitrogen and oxygen atoms in total. The molecule has 2 rings (SSSR count). The van der Waals surface area contributed by atoms with Crippen LogP contribution in [0.3, 0.4) is 0 Å². The van der Waals surface area contributed by atoms with Crippen LogP contribution in [0.2, 0.25) is 0 Å². The van der Waals surface area contributed by atoms with Crippen LogP contribution in [0, 0.1) is 0 Å². The minimum Gasteiger partial charge on any atom is -0.469 e. The number of carbonyl (C=O) groups is 2. The number of rotatable bonds is 3. The summed E-state index contributed by atoms with van der Waals surface area (Å²) in [6.07, 6.45) is 0.0904. The third-order valence-corrected chi connectivity index (χ3v) is 2.82. The van der Waals surface area contributed by atoms with Gasteiger partial charge >= 0.3 is 5.97 Å². The number of amides is 1. The average Bonchev–Trinajstić information content (AvgIpc) is 2.63. The van der Waals surface area contributed by atoms with E-state index >= 15 is 0 Å². The quantitative estimate of drug-likeness (QED) is 0.741. The van der Waals surface area contributed by atoms with Gasteiger partial charge in [0.15, 0.2) is 0 Å². The largest absolute Gasteiger partial charge is 0.469 e. The lowest BCUT2D eigenvalue weighted by molar-refractivity contribution is -0.150. The van der Waals surface area contributed by atoms with Crippen LogP contribution in [0.4, 0.5) is 0 Å². The standard InChI is InChI=1S/C12H13NO4/c1-16-11(14)7-10-8-5-3-4-6-9(8)12(15)13(10)17-2/h3-6,10H,7H2,1-2H3. The third-order valence-electron chi connectivity index (χ3n) is 2.82. The molecule has 17 heavy (non-hydrogen) atoms. The van der Waals surface area contributed by atoms with E-state index in [9.17, 15) is 9.59 Å². The van der Waals surface area contributed by atoms with E-state index in [1.165, 1.54) is 19.3 Å². The molecular formula is C12H13NO4. The Bertz CT molecular complexity index is 458. The maximum atomic E-state index is 12.0. The molecule has 1 aromatic rings. The lowest BCUT2D eigenvalue weighted by atomic mass is 10.0. The van der Waals surface area contributed by atoms with Crippen molar-refractivity contribution in [2.45, 2.75) is 12.5 Å². The topological polar surface area (TPSA) is 55.8 Å². The van der Waals surface area contributed by atoms with Crippen molar-refractivity contribution in [3.05, 3.63) is 35.4 Å². The van der Waals surface area contributed by atoms with Crippen LogP contribution in [-0.2, 0) is 14.4 Å². The maximum Gasteiger partial charge on any atom is 0.308 e. The highest BCUT2D eigenvalue weighted by molar-refractivity contribution is 5.98. The van der Waals surface area contributed by atoms with Gasteiger partial charge in [0, 0.05) is 5.56 Å². The van der Waals surface area contributed by atoms with E-state index in [4.69, 9.17) is 4.84 Å². The molecule has 0 spiro atoms. The first-order valence-corrected chi connectivity index (χ1v) is 5.22. The molecule has 0 aromatic heterocycles. The Morgan fingerprint density at radius 1 is 1.35 bits per heavy atom. The summed E-state index contributed by atoms with van der Waals surface area (Å²) in [4.78, 5) is 28.3. The van der Waals surface area contributed by atoms with Crippen LogP contribution in [0.5, 0.6) is 0 Å². The van der Waals surface area contributed by atoms with Gasteiger partial charge in [-0.05, 0) is 11.6 Å². The fourth-order valence-corrected chi connectivity index (χ4v) is 2.01. The molecule has 1 aromatic carbocycles. The lowest BCUT2D eigenvalue weighted by Crippen LogP contribution is -2.28. The second-order valence-electron chi connectivity index (χ2n) is 3.70. The van der Waals surface area contributed by atoms with Crippen LogP contribution in [0.25, 0.3) is 0 Å². The van der Waals surface area contributed by atoms with E-state index in [1.807, 2.05) is 12.1 Å². The van der Waals surface area contributed by atoms with Crippen LogP contribution in [0.15, 0.2) is 24.3 Å². The van der Waals surface area contributed by atoms with Crippen molar-refractivity contribution in [1.82, 2.24) is 5.06 Å². The summed E-state index contributed by atoms with van der Waals surface area (Å²) in [5.41, 5.74) is 1.37. The molecule has 0 N–H and O–H groups in total. The van der Waals surface area contributed by atoms with Gasteiger partial charge in [0.1, 0.15) is 0 Å². The smallest absolute Gasteiger partial charge is 0.308 e. The molecule has 0 fully saturated rings. The van der Waals surface area contributed by atoms with Crippen molar-refractivity contribution in [2.24, 2.45) is 0 Å². The van der Waals surface area contributed by atoms with Crippen LogP contribution < -0.4 is 0 Å². The number of hydrogen-bond donors (Lipinski definition) is 0. The zero-order chi connectivity index (χ0) is 12.4. The number of fused-ring (bicyclic) bond motifs is 1. The molecule has 1 unspecified atom stereocenters. The molecule has 90 valence electrons. The van der Waals surface area contributed by atoms with E-state index in [1.54, 1.807) is 12.1 Å². The average molecular weight is 235 g/mol. The van der Waals surface area contributed by atoms with Gasteiger partial charge in [-0.15, -0.1) is 0 Å². The highest BCUT2D eigenvalue weighted by Gasteiger charge is 2.38. The van der Waals surface area contributed by atoms with Crippen molar-refractivity contribution >= 4 is 11.9 Å². The number of hydroxylamine groups is 2. The predicted molar refractivity (Wildman–Crippen MR) is 59.0 cm³/mol. The second-order valence-corrected chi connectivity index (χ2v) is 3.70. The second kappa shape index (κ2) is 4.55. The fourth-order valence-electron chi connectivity index (χ4n) is 2.01. The van der Waals surface area contributed by atoms with Gasteiger partial charge < -0.3 is 4.74 Å². The van der Waals surface area contributed by atoms with Crippen molar-refractivity contribution in [1.29, 1.82) is 0 Å². The normalized spacial score (nSPS) is 18.1. The summed E-state index contributed by atoms with van der Waals surface area (Å²) < 4.78 is 4.62. The van der Waals surface area contributed by atoms with Gasteiger partial charge in [0.25, 0.3) is 5.91 Å². The summed E-state index contributed by atoms with van der Waals surface area (Å²) in [6, 6.07) is 6.75. The Morgan fingerprint density at radius 3 is 2.71 bits per heavy atom. The SMILES string of the molecule is COC(=O)CC1c2ccccc2C(=O)N1OC. The number of benzene rings is 1. The molecule has 1 heterocycles. The monoisotopic (exact) mass is 235 g/mol. The number of esters is 1. The Kier molecular flexibility index (Phi) is 3.10. The van der Waals surface area contributed by atoms with Crippen LogP contribution in [0.1, 0.15) is 28.4 Å². The molecule has 1 amide bonds. The number of carbonyl (C=O) groups excluding carboxylic acids is 2. The number of nitrogens with zero attached hydrogens (tertiary/aromatic N) is 1. The molecule has 5 heteroatoms. The van der Waals surface area contributed by atoms with Gasteiger partial charge in [0.2, 0.25) is 0 Å². The van der Waals surface area contributed by atoms with Crippen LogP contribution >= 0.6 is 0 Å². The van der Waals surface area contributed by atoms with E-state index in [0.29, 0.717) is 5.56 Å². The highest BCUT2D eigenvalue weighted by Crippen LogP contribution is 2.35.